The Hall–Kier alpha value is -3.71. The Morgan fingerprint density at radius 2 is 1.51 bits per heavy atom. The molecule has 1 atom stereocenters. The third kappa shape index (κ3) is 8.87. The van der Waals surface area contributed by atoms with Crippen molar-refractivity contribution in [2.24, 2.45) is 0 Å². The van der Waals surface area contributed by atoms with Gasteiger partial charge >= 0.3 is 6.09 Å². The Labute approximate surface area is 207 Å². The minimum Gasteiger partial charge on any atom is -0.485 e. The predicted octanol–water partition coefficient (Wildman–Crippen LogP) is 5.75. The second-order valence-corrected chi connectivity index (χ2v) is 9.06. The Bertz CT molecular complexity index is 1070. The van der Waals surface area contributed by atoms with Gasteiger partial charge in [-0.25, -0.2) is 4.79 Å². The van der Waals surface area contributed by atoms with E-state index in [1.807, 2.05) is 78.9 Å². The van der Waals surface area contributed by atoms with E-state index in [1.165, 1.54) is 0 Å². The molecule has 0 saturated heterocycles. The van der Waals surface area contributed by atoms with E-state index in [1.54, 1.807) is 20.8 Å². The molecule has 3 N–H and O–H groups in total. The zero-order valence-electron chi connectivity index (χ0n) is 20.5. The van der Waals surface area contributed by atoms with E-state index in [9.17, 15) is 9.90 Å². The molecule has 35 heavy (non-hydrogen) atoms. The average Bonchev–Trinajstić information content (AvgIpc) is 2.82. The number of nitrogens with one attached hydrogen (secondary N) is 2. The van der Waals surface area contributed by atoms with Crippen molar-refractivity contribution in [2.75, 3.05) is 18.5 Å². The van der Waals surface area contributed by atoms with E-state index in [4.69, 9.17) is 14.2 Å². The summed E-state index contributed by atoms with van der Waals surface area (Å²) >= 11 is 0. The first-order valence-electron chi connectivity index (χ1n) is 11.7. The average molecular weight is 479 g/mol. The van der Waals surface area contributed by atoms with Gasteiger partial charge in [0.2, 0.25) is 0 Å². The number of aliphatic hydroxyl groups is 1. The summed E-state index contributed by atoms with van der Waals surface area (Å²) in [6, 6.07) is 24.7. The van der Waals surface area contributed by atoms with Crippen LogP contribution in [0.4, 0.5) is 10.5 Å². The summed E-state index contributed by atoms with van der Waals surface area (Å²) in [6.45, 7) is 6.17. The van der Waals surface area contributed by atoms with Crippen molar-refractivity contribution in [3.63, 3.8) is 0 Å². The van der Waals surface area contributed by atoms with Crippen LogP contribution in [0.3, 0.4) is 0 Å². The molecule has 1 unspecified atom stereocenters. The summed E-state index contributed by atoms with van der Waals surface area (Å²) in [5.41, 5.74) is 1.22. The summed E-state index contributed by atoms with van der Waals surface area (Å²) in [5, 5.41) is 15.6. The van der Waals surface area contributed by atoms with Gasteiger partial charge in [-0.3, -0.25) is 0 Å². The van der Waals surface area contributed by atoms with Crippen molar-refractivity contribution in [2.45, 2.75) is 45.4 Å². The highest BCUT2D eigenvalue weighted by atomic mass is 16.6. The molecule has 0 radical (unpaired) electrons. The van der Waals surface area contributed by atoms with Crippen molar-refractivity contribution in [1.82, 2.24) is 5.32 Å². The van der Waals surface area contributed by atoms with Crippen molar-refractivity contribution in [3.05, 3.63) is 84.4 Å². The molecule has 0 spiro atoms. The lowest BCUT2D eigenvalue weighted by Crippen LogP contribution is -2.43. The van der Waals surface area contributed by atoms with Crippen LogP contribution in [0, 0.1) is 0 Å². The molecule has 7 nitrogen and oxygen atoms in total. The van der Waals surface area contributed by atoms with Crippen LogP contribution in [0.5, 0.6) is 17.2 Å². The van der Waals surface area contributed by atoms with E-state index in [0.29, 0.717) is 36.8 Å². The molecular weight excluding hydrogens is 444 g/mol. The minimum absolute atomic E-state index is 0.0631. The van der Waals surface area contributed by atoms with Crippen LogP contribution < -0.4 is 20.1 Å². The van der Waals surface area contributed by atoms with Crippen LogP contribution in [0.1, 0.15) is 32.8 Å². The molecule has 1 amide bonds. The van der Waals surface area contributed by atoms with Crippen molar-refractivity contribution in [3.8, 4) is 17.2 Å². The minimum atomic E-state index is -0.600. The van der Waals surface area contributed by atoms with Gasteiger partial charge in [0.05, 0.1) is 11.7 Å². The first-order chi connectivity index (χ1) is 16.8. The topological polar surface area (TPSA) is 89.1 Å². The number of hydrogen-bond donors (Lipinski definition) is 3. The first kappa shape index (κ1) is 25.9. The van der Waals surface area contributed by atoms with Gasteiger partial charge in [0.15, 0.2) is 17.2 Å². The SMILES string of the molecule is CC(C)(C)OC(=O)NC(CCO)CNc1ccccc1Oc1ccccc1OCc1ccccc1. The molecule has 0 aromatic heterocycles. The van der Waals surface area contributed by atoms with E-state index in [0.717, 1.165) is 11.3 Å². The van der Waals surface area contributed by atoms with Crippen LogP contribution in [0.25, 0.3) is 0 Å². The van der Waals surface area contributed by atoms with Gasteiger partial charge in [0, 0.05) is 13.2 Å². The number of amides is 1. The fraction of sp³-hybridized carbons (Fsp3) is 0.321. The Morgan fingerprint density at radius 3 is 2.20 bits per heavy atom. The molecule has 186 valence electrons. The molecule has 3 aromatic rings. The Kier molecular flexibility index (Phi) is 9.38. The zero-order valence-corrected chi connectivity index (χ0v) is 20.5. The summed E-state index contributed by atoms with van der Waals surface area (Å²) in [5.74, 6) is 1.84. The maximum atomic E-state index is 12.2. The largest absolute Gasteiger partial charge is 0.485 e. The van der Waals surface area contributed by atoms with E-state index in [2.05, 4.69) is 10.6 Å². The Morgan fingerprint density at radius 1 is 0.886 bits per heavy atom. The molecule has 0 bridgehead atoms. The van der Waals surface area contributed by atoms with Crippen LogP contribution in [-0.4, -0.2) is 36.0 Å². The van der Waals surface area contributed by atoms with Gasteiger partial charge in [-0.2, -0.15) is 0 Å². The number of alkyl carbamates (subject to hydrolysis) is 1. The van der Waals surface area contributed by atoms with Gasteiger partial charge in [-0.1, -0.05) is 54.6 Å². The number of anilines is 1. The monoisotopic (exact) mass is 478 g/mol. The molecule has 7 heteroatoms. The third-order valence-electron chi connectivity index (χ3n) is 4.93. The number of benzene rings is 3. The van der Waals surface area contributed by atoms with Crippen LogP contribution in [0.15, 0.2) is 78.9 Å². The fourth-order valence-electron chi connectivity index (χ4n) is 3.30. The normalized spacial score (nSPS) is 11.9. The molecule has 0 aliphatic heterocycles. The van der Waals surface area contributed by atoms with Gasteiger partial charge in [0.1, 0.15) is 12.2 Å². The highest BCUT2D eigenvalue weighted by Crippen LogP contribution is 2.35. The zero-order chi connectivity index (χ0) is 25.1. The van der Waals surface area contributed by atoms with E-state index in [-0.39, 0.29) is 12.6 Å². The van der Waals surface area contributed by atoms with Crippen LogP contribution in [-0.2, 0) is 11.3 Å². The lowest BCUT2D eigenvalue weighted by molar-refractivity contribution is 0.0500. The number of para-hydroxylation sites is 4. The molecular formula is C28H34N2O5. The molecule has 0 saturated carbocycles. The maximum Gasteiger partial charge on any atom is 0.407 e. The van der Waals surface area contributed by atoms with Crippen molar-refractivity contribution < 1.29 is 24.1 Å². The first-order valence-corrected chi connectivity index (χ1v) is 11.7. The number of carbonyl (C=O) groups is 1. The summed E-state index contributed by atoms with van der Waals surface area (Å²) < 4.78 is 17.6. The van der Waals surface area contributed by atoms with Gasteiger partial charge in [-0.15, -0.1) is 0 Å². The standard InChI is InChI=1S/C28H34N2O5/c1-28(2,3)35-27(32)30-22(17-18-31)19-29-23-13-7-8-14-24(23)34-26-16-10-9-15-25(26)33-20-21-11-5-4-6-12-21/h4-16,22,29,31H,17-20H2,1-3H3,(H,30,32). The Balaban J connectivity index is 1.66. The molecule has 3 aromatic carbocycles. The van der Waals surface area contributed by atoms with Crippen molar-refractivity contribution in [1.29, 1.82) is 0 Å². The third-order valence-corrected chi connectivity index (χ3v) is 4.93. The predicted molar refractivity (Wildman–Crippen MR) is 137 cm³/mol. The fourth-order valence-corrected chi connectivity index (χ4v) is 3.30. The quantitative estimate of drug-likeness (QED) is 0.325. The summed E-state index contributed by atoms with van der Waals surface area (Å²) in [4.78, 5) is 12.2. The number of aliphatic hydroxyl groups excluding tert-OH is 1. The highest BCUT2D eigenvalue weighted by molar-refractivity contribution is 5.68. The number of carbonyl (C=O) groups excluding carboxylic acids is 1. The number of rotatable bonds is 11. The molecule has 0 heterocycles. The van der Waals surface area contributed by atoms with Crippen molar-refractivity contribution >= 4 is 11.8 Å². The smallest absolute Gasteiger partial charge is 0.407 e. The van der Waals surface area contributed by atoms with E-state index < -0.39 is 11.7 Å². The van der Waals surface area contributed by atoms with Gasteiger partial charge in [0.25, 0.3) is 0 Å². The lowest BCUT2D eigenvalue weighted by atomic mass is 10.2. The molecule has 3 rings (SSSR count). The van der Waals surface area contributed by atoms with Gasteiger partial charge in [-0.05, 0) is 57.0 Å². The van der Waals surface area contributed by atoms with Gasteiger partial charge < -0.3 is 30.0 Å². The number of ether oxygens (including phenoxy) is 3. The molecule has 0 fully saturated rings. The van der Waals surface area contributed by atoms with Crippen LogP contribution >= 0.6 is 0 Å². The molecule has 0 aliphatic rings. The maximum absolute atomic E-state index is 12.2. The summed E-state index contributed by atoms with van der Waals surface area (Å²) in [7, 11) is 0. The molecule has 0 aliphatic carbocycles. The number of hydrogen-bond acceptors (Lipinski definition) is 6. The van der Waals surface area contributed by atoms with Crippen LogP contribution in [0.2, 0.25) is 0 Å². The second kappa shape index (κ2) is 12.7. The lowest BCUT2D eigenvalue weighted by Gasteiger charge is -2.24. The highest BCUT2D eigenvalue weighted by Gasteiger charge is 2.20. The van der Waals surface area contributed by atoms with E-state index >= 15 is 0 Å². The summed E-state index contributed by atoms with van der Waals surface area (Å²) in [6.07, 6.45) is -0.141. The second-order valence-electron chi connectivity index (χ2n) is 9.06.